The Balaban J connectivity index is 2.15. The molecule has 1 saturated heterocycles. The van der Waals surface area contributed by atoms with Crippen LogP contribution in [-0.2, 0) is 20.7 Å². The molecule has 1 aliphatic rings. The predicted molar refractivity (Wildman–Crippen MR) is 92.7 cm³/mol. The molecule has 0 aliphatic carbocycles. The number of likely N-dealkylation sites (tertiary alicyclic amines) is 1. The van der Waals surface area contributed by atoms with Crippen molar-refractivity contribution in [3.05, 3.63) is 35.9 Å². The smallest absolute Gasteiger partial charge is 0.452 e. The number of halogens is 3. The molecule has 2 N–H and O–H groups in total. The van der Waals surface area contributed by atoms with Crippen molar-refractivity contribution in [2.24, 2.45) is 5.73 Å². The van der Waals surface area contributed by atoms with E-state index in [9.17, 15) is 22.8 Å². The number of carbonyl (C=O) groups excluding carboxylic acids is 2. The third kappa shape index (κ3) is 5.14. The zero-order chi connectivity index (χ0) is 19.4. The summed E-state index contributed by atoms with van der Waals surface area (Å²) in [5.41, 5.74) is 5.12. The van der Waals surface area contributed by atoms with Crippen LogP contribution >= 0.6 is 12.6 Å². The average Bonchev–Trinajstić information content (AvgIpc) is 2.61. The number of alkyl halides is 3. The van der Waals surface area contributed by atoms with Gasteiger partial charge in [0.25, 0.3) is 0 Å². The molecule has 1 aliphatic heterocycles. The van der Waals surface area contributed by atoms with Crippen molar-refractivity contribution in [2.75, 3.05) is 18.8 Å². The van der Waals surface area contributed by atoms with Crippen molar-refractivity contribution in [1.82, 2.24) is 4.90 Å². The summed E-state index contributed by atoms with van der Waals surface area (Å²) in [6, 6.07) is 8.07. The fourth-order valence-corrected chi connectivity index (χ4v) is 3.14. The standard InChI is InChI=1S/C17H21F3N2O3S/c18-17(19,20)15(24)25-16(10-12-4-2-1-3-5-12)6-8-22(9-7-16)14(23)13(21)11-26/h1-5,13,26H,6-11,21H2/t13-/m0/s1. The van der Waals surface area contributed by atoms with Crippen molar-refractivity contribution in [1.29, 1.82) is 0 Å². The molecule has 1 aromatic carbocycles. The lowest BCUT2D eigenvalue weighted by atomic mass is 9.84. The summed E-state index contributed by atoms with van der Waals surface area (Å²) in [4.78, 5) is 25.1. The van der Waals surface area contributed by atoms with Crippen LogP contribution in [0.4, 0.5) is 13.2 Å². The molecule has 0 saturated carbocycles. The van der Waals surface area contributed by atoms with Crippen LogP contribution in [0.25, 0.3) is 0 Å². The van der Waals surface area contributed by atoms with E-state index in [1.807, 2.05) is 0 Å². The van der Waals surface area contributed by atoms with Gasteiger partial charge in [0, 0.05) is 38.1 Å². The number of nitrogens with two attached hydrogens (primary N) is 1. The Hall–Kier alpha value is -1.74. The lowest BCUT2D eigenvalue weighted by molar-refractivity contribution is -0.217. The summed E-state index contributed by atoms with van der Waals surface area (Å²) in [5, 5.41) is 0. The van der Waals surface area contributed by atoms with Crippen LogP contribution in [-0.4, -0.2) is 53.4 Å². The molecule has 9 heteroatoms. The number of nitrogens with zero attached hydrogens (tertiary/aromatic N) is 1. The van der Waals surface area contributed by atoms with Gasteiger partial charge in [-0.2, -0.15) is 25.8 Å². The summed E-state index contributed by atoms with van der Waals surface area (Å²) < 4.78 is 43.0. The Bertz CT molecular complexity index is 632. The number of esters is 1. The fourth-order valence-electron chi connectivity index (χ4n) is 2.98. The van der Waals surface area contributed by atoms with Gasteiger partial charge in [0.1, 0.15) is 5.60 Å². The van der Waals surface area contributed by atoms with Gasteiger partial charge in [-0.3, -0.25) is 4.79 Å². The molecule has 1 amide bonds. The molecule has 0 spiro atoms. The summed E-state index contributed by atoms with van der Waals surface area (Å²) >= 11 is 3.98. The van der Waals surface area contributed by atoms with Gasteiger partial charge < -0.3 is 15.4 Å². The predicted octanol–water partition coefficient (Wildman–Crippen LogP) is 1.95. The van der Waals surface area contributed by atoms with Crippen molar-refractivity contribution >= 4 is 24.5 Å². The number of ether oxygens (including phenoxy) is 1. The zero-order valence-corrected chi connectivity index (χ0v) is 14.9. The van der Waals surface area contributed by atoms with Crippen molar-refractivity contribution in [2.45, 2.75) is 37.1 Å². The van der Waals surface area contributed by atoms with E-state index in [-0.39, 0.29) is 44.0 Å². The second kappa shape index (κ2) is 8.30. The number of amides is 1. The Labute approximate surface area is 155 Å². The van der Waals surface area contributed by atoms with Gasteiger partial charge in [-0.15, -0.1) is 0 Å². The molecule has 0 radical (unpaired) electrons. The Kier molecular flexibility index (Phi) is 6.57. The maximum atomic E-state index is 12.7. The van der Waals surface area contributed by atoms with Crippen LogP contribution in [0.2, 0.25) is 0 Å². The van der Waals surface area contributed by atoms with E-state index >= 15 is 0 Å². The minimum Gasteiger partial charge on any atom is -0.452 e. The van der Waals surface area contributed by atoms with Gasteiger partial charge in [0.2, 0.25) is 5.91 Å². The van der Waals surface area contributed by atoms with Crippen LogP contribution in [0.15, 0.2) is 30.3 Å². The van der Waals surface area contributed by atoms with Gasteiger partial charge in [-0.1, -0.05) is 30.3 Å². The molecule has 0 aromatic heterocycles. The maximum absolute atomic E-state index is 12.7. The molecule has 2 rings (SSSR count). The number of hydrogen-bond acceptors (Lipinski definition) is 5. The third-order valence-electron chi connectivity index (χ3n) is 4.41. The molecule has 1 fully saturated rings. The highest BCUT2D eigenvalue weighted by atomic mass is 32.1. The number of benzene rings is 1. The van der Waals surface area contributed by atoms with Crippen LogP contribution < -0.4 is 5.73 Å². The van der Waals surface area contributed by atoms with Gasteiger partial charge in [-0.25, -0.2) is 4.79 Å². The molecule has 0 bridgehead atoms. The fraction of sp³-hybridized carbons (Fsp3) is 0.529. The number of rotatable bonds is 5. The van der Waals surface area contributed by atoms with Crippen LogP contribution in [0.5, 0.6) is 0 Å². The van der Waals surface area contributed by atoms with Crippen molar-refractivity contribution < 1.29 is 27.5 Å². The first-order valence-corrected chi connectivity index (χ1v) is 8.79. The van der Waals surface area contributed by atoms with Crippen LogP contribution in [0, 0.1) is 0 Å². The molecule has 26 heavy (non-hydrogen) atoms. The number of thiol groups is 1. The molecular weight excluding hydrogens is 369 g/mol. The lowest BCUT2D eigenvalue weighted by Crippen LogP contribution is -2.54. The van der Waals surface area contributed by atoms with E-state index < -0.39 is 23.8 Å². The monoisotopic (exact) mass is 390 g/mol. The van der Waals surface area contributed by atoms with E-state index in [2.05, 4.69) is 12.6 Å². The minimum absolute atomic E-state index is 0.106. The second-order valence-corrected chi connectivity index (χ2v) is 6.71. The molecule has 1 aromatic rings. The molecular formula is C17H21F3N2O3S. The summed E-state index contributed by atoms with van der Waals surface area (Å²) in [6.07, 6.45) is -4.70. The molecule has 1 heterocycles. The van der Waals surface area contributed by atoms with Crippen LogP contribution in [0.1, 0.15) is 18.4 Å². The van der Waals surface area contributed by atoms with Crippen molar-refractivity contribution in [3.63, 3.8) is 0 Å². The van der Waals surface area contributed by atoms with Crippen LogP contribution in [0.3, 0.4) is 0 Å². The lowest BCUT2D eigenvalue weighted by Gasteiger charge is -2.42. The molecule has 144 valence electrons. The summed E-state index contributed by atoms with van der Waals surface area (Å²) in [7, 11) is 0. The normalized spacial score (nSPS) is 18.3. The first-order valence-electron chi connectivity index (χ1n) is 8.16. The Morgan fingerprint density at radius 1 is 1.23 bits per heavy atom. The number of hydrogen-bond donors (Lipinski definition) is 2. The highest BCUT2D eigenvalue weighted by Gasteiger charge is 2.48. The highest BCUT2D eigenvalue weighted by Crippen LogP contribution is 2.33. The van der Waals surface area contributed by atoms with E-state index in [0.717, 1.165) is 5.56 Å². The number of piperidine rings is 1. The van der Waals surface area contributed by atoms with E-state index in [4.69, 9.17) is 10.5 Å². The summed E-state index contributed by atoms with van der Waals surface area (Å²) in [6.45, 7) is 0.330. The van der Waals surface area contributed by atoms with E-state index in [1.54, 1.807) is 30.3 Å². The van der Waals surface area contributed by atoms with Gasteiger partial charge in [0.05, 0.1) is 6.04 Å². The van der Waals surface area contributed by atoms with Gasteiger partial charge in [0.15, 0.2) is 0 Å². The second-order valence-electron chi connectivity index (χ2n) is 6.35. The largest absolute Gasteiger partial charge is 0.490 e. The number of carbonyl (C=O) groups is 2. The third-order valence-corrected chi connectivity index (χ3v) is 4.80. The first-order chi connectivity index (χ1) is 12.2. The zero-order valence-electron chi connectivity index (χ0n) is 14.0. The minimum atomic E-state index is -5.06. The van der Waals surface area contributed by atoms with Gasteiger partial charge >= 0.3 is 12.1 Å². The Morgan fingerprint density at radius 2 is 1.81 bits per heavy atom. The summed E-state index contributed by atoms with van der Waals surface area (Å²) in [5.74, 6) is -2.34. The first kappa shape index (κ1) is 20.6. The quantitative estimate of drug-likeness (QED) is 0.596. The van der Waals surface area contributed by atoms with E-state index in [0.29, 0.717) is 0 Å². The average molecular weight is 390 g/mol. The SMILES string of the molecule is N[C@@H](CS)C(=O)N1CCC(Cc2ccccc2)(OC(=O)C(F)(F)F)CC1. The van der Waals surface area contributed by atoms with Gasteiger partial charge in [-0.05, 0) is 5.56 Å². The maximum Gasteiger partial charge on any atom is 0.490 e. The molecule has 5 nitrogen and oxygen atoms in total. The molecule has 1 atom stereocenters. The highest BCUT2D eigenvalue weighted by molar-refractivity contribution is 7.80. The van der Waals surface area contributed by atoms with Crippen molar-refractivity contribution in [3.8, 4) is 0 Å². The molecule has 0 unspecified atom stereocenters. The topological polar surface area (TPSA) is 72.6 Å². The Morgan fingerprint density at radius 3 is 2.31 bits per heavy atom. The van der Waals surface area contributed by atoms with E-state index in [1.165, 1.54) is 4.90 Å².